The van der Waals surface area contributed by atoms with Crippen LogP contribution in [-0.4, -0.2) is 16.9 Å². The van der Waals surface area contributed by atoms with Crippen LogP contribution in [0.2, 0.25) is 0 Å². The molecule has 0 bridgehead atoms. The van der Waals surface area contributed by atoms with Gasteiger partial charge in [0, 0.05) is 11.7 Å². The first-order valence-corrected chi connectivity index (χ1v) is 6.91. The number of hydrogen-bond acceptors (Lipinski definition) is 4. The topological polar surface area (TPSA) is 80.0 Å². The molecule has 0 aliphatic rings. The van der Waals surface area contributed by atoms with Crippen molar-refractivity contribution in [1.82, 2.24) is 4.98 Å². The number of halogens is 2. The number of nitrogens with two attached hydrogens (primary N) is 1. The molecule has 0 aliphatic carbocycles. The third-order valence-corrected chi connectivity index (χ3v) is 3.28. The molecule has 2 unspecified atom stereocenters. The van der Waals surface area contributed by atoms with E-state index in [1.165, 1.54) is 0 Å². The molecule has 0 aliphatic heterocycles. The van der Waals surface area contributed by atoms with Crippen LogP contribution < -0.4 is 16.4 Å². The van der Waals surface area contributed by atoms with E-state index in [1.807, 2.05) is 49.4 Å². The van der Waals surface area contributed by atoms with Crippen molar-refractivity contribution in [2.45, 2.75) is 19.9 Å². The predicted octanol–water partition coefficient (Wildman–Crippen LogP) is 3.59. The normalized spacial score (nSPS) is 12.1. The molecular weight excluding hydrogens is 335 g/mol. The lowest BCUT2D eigenvalue weighted by Crippen LogP contribution is -2.34. The molecule has 0 saturated heterocycles. The maximum atomic E-state index is 11.9. The van der Waals surface area contributed by atoms with Gasteiger partial charge in [0.25, 0.3) is 0 Å². The highest BCUT2D eigenvalue weighted by molar-refractivity contribution is 5.92. The van der Waals surface area contributed by atoms with Crippen molar-refractivity contribution in [3.63, 3.8) is 0 Å². The van der Waals surface area contributed by atoms with E-state index >= 15 is 0 Å². The van der Waals surface area contributed by atoms with E-state index in [0.29, 0.717) is 5.69 Å². The molecule has 1 aromatic heterocycles. The molecular formula is C16H22Cl2N4O. The number of nitrogens with zero attached hydrogens (tertiary/aromatic N) is 1. The second kappa shape index (κ2) is 10.0. The zero-order chi connectivity index (χ0) is 15.2. The molecule has 1 aromatic carbocycles. The van der Waals surface area contributed by atoms with E-state index in [0.717, 1.165) is 11.5 Å². The minimum atomic E-state index is -0.243. The summed E-state index contributed by atoms with van der Waals surface area (Å²) in [5.41, 5.74) is 7.34. The van der Waals surface area contributed by atoms with Crippen molar-refractivity contribution in [3.8, 4) is 0 Å². The summed E-state index contributed by atoms with van der Waals surface area (Å²) in [7, 11) is 0. The fourth-order valence-corrected chi connectivity index (χ4v) is 1.71. The van der Waals surface area contributed by atoms with Crippen LogP contribution in [0, 0.1) is 5.92 Å². The van der Waals surface area contributed by atoms with Crippen LogP contribution in [0.5, 0.6) is 0 Å². The Labute approximate surface area is 148 Å². The van der Waals surface area contributed by atoms with E-state index in [-0.39, 0.29) is 42.7 Å². The minimum absolute atomic E-state index is 0. The third kappa shape index (κ3) is 6.44. The lowest BCUT2D eigenvalue weighted by Gasteiger charge is -2.15. The molecule has 2 aromatic rings. The Kier molecular flexibility index (Phi) is 9.25. The average molecular weight is 357 g/mol. The second-order valence-corrected chi connectivity index (χ2v) is 5.06. The number of rotatable bonds is 5. The van der Waals surface area contributed by atoms with Crippen molar-refractivity contribution in [1.29, 1.82) is 0 Å². The van der Waals surface area contributed by atoms with E-state index in [2.05, 4.69) is 15.6 Å². The average Bonchev–Trinajstić information content (AvgIpc) is 2.49. The van der Waals surface area contributed by atoms with Crippen LogP contribution in [0.3, 0.4) is 0 Å². The summed E-state index contributed by atoms with van der Waals surface area (Å²) < 4.78 is 0. The molecule has 0 saturated carbocycles. The zero-order valence-electron chi connectivity index (χ0n) is 13.0. The Morgan fingerprint density at radius 3 is 2.22 bits per heavy atom. The van der Waals surface area contributed by atoms with Gasteiger partial charge in [-0.25, -0.2) is 4.98 Å². The highest BCUT2D eigenvalue weighted by Crippen LogP contribution is 2.16. The summed E-state index contributed by atoms with van der Waals surface area (Å²) in [4.78, 5) is 16.2. The van der Waals surface area contributed by atoms with Crippen molar-refractivity contribution in [2.75, 3.05) is 10.6 Å². The number of anilines is 3. The first-order valence-electron chi connectivity index (χ1n) is 6.91. The Morgan fingerprint density at radius 2 is 1.70 bits per heavy atom. The number of amides is 1. The first-order chi connectivity index (χ1) is 10.1. The van der Waals surface area contributed by atoms with E-state index < -0.39 is 0 Å². The van der Waals surface area contributed by atoms with Gasteiger partial charge in [-0.05, 0) is 31.2 Å². The fourth-order valence-electron chi connectivity index (χ4n) is 1.71. The van der Waals surface area contributed by atoms with Gasteiger partial charge in [-0.2, -0.15) is 0 Å². The Hall–Kier alpha value is -1.82. The maximum Gasteiger partial charge on any atom is 0.228 e. The number of pyridine rings is 1. The zero-order valence-corrected chi connectivity index (χ0v) is 14.7. The smallest absolute Gasteiger partial charge is 0.228 e. The molecule has 2 rings (SSSR count). The van der Waals surface area contributed by atoms with Gasteiger partial charge in [0.1, 0.15) is 5.82 Å². The Bertz CT molecular complexity index is 591. The van der Waals surface area contributed by atoms with E-state index in [1.54, 1.807) is 13.1 Å². The number of carbonyl (C=O) groups excluding carboxylic acids is 1. The number of para-hydroxylation sites is 1. The largest absolute Gasteiger partial charge is 0.340 e. The summed E-state index contributed by atoms with van der Waals surface area (Å²) in [5, 5.41) is 5.99. The van der Waals surface area contributed by atoms with Crippen molar-refractivity contribution in [2.24, 2.45) is 11.7 Å². The fraction of sp³-hybridized carbons (Fsp3) is 0.250. The molecule has 1 heterocycles. The molecule has 23 heavy (non-hydrogen) atoms. The minimum Gasteiger partial charge on any atom is -0.340 e. The molecule has 0 spiro atoms. The summed E-state index contributed by atoms with van der Waals surface area (Å²) in [6.45, 7) is 3.62. The summed E-state index contributed by atoms with van der Waals surface area (Å²) in [6, 6.07) is 13.2. The van der Waals surface area contributed by atoms with Crippen LogP contribution in [0.4, 0.5) is 17.2 Å². The Balaban J connectivity index is 0.00000242. The molecule has 1 amide bonds. The number of aromatic nitrogens is 1. The van der Waals surface area contributed by atoms with Gasteiger partial charge in [0.15, 0.2) is 0 Å². The highest BCUT2D eigenvalue weighted by Gasteiger charge is 2.16. The number of hydrogen-bond donors (Lipinski definition) is 3. The van der Waals surface area contributed by atoms with Crippen LogP contribution in [-0.2, 0) is 4.79 Å². The molecule has 126 valence electrons. The predicted molar refractivity (Wildman–Crippen MR) is 99.9 cm³/mol. The molecule has 0 fully saturated rings. The molecule has 0 radical (unpaired) electrons. The lowest BCUT2D eigenvalue weighted by molar-refractivity contribution is -0.119. The van der Waals surface area contributed by atoms with Crippen molar-refractivity contribution in [3.05, 3.63) is 48.7 Å². The number of nitrogens with one attached hydrogen (secondary N) is 2. The highest BCUT2D eigenvalue weighted by atomic mass is 35.5. The van der Waals surface area contributed by atoms with Gasteiger partial charge in [-0.15, -0.1) is 24.8 Å². The maximum absolute atomic E-state index is 11.9. The quantitative estimate of drug-likeness (QED) is 0.764. The molecule has 4 N–H and O–H groups in total. The van der Waals surface area contributed by atoms with Gasteiger partial charge in [0.2, 0.25) is 5.91 Å². The van der Waals surface area contributed by atoms with Crippen LogP contribution in [0.1, 0.15) is 13.8 Å². The summed E-state index contributed by atoms with van der Waals surface area (Å²) in [5.74, 6) is 0.377. The van der Waals surface area contributed by atoms with E-state index in [9.17, 15) is 4.79 Å². The van der Waals surface area contributed by atoms with Crippen LogP contribution >= 0.6 is 24.8 Å². The van der Waals surface area contributed by atoms with Crippen LogP contribution in [0.15, 0.2) is 48.7 Å². The summed E-state index contributed by atoms with van der Waals surface area (Å²) in [6.07, 6.45) is 1.62. The second-order valence-electron chi connectivity index (χ2n) is 5.06. The molecule has 2 atom stereocenters. The van der Waals surface area contributed by atoms with Gasteiger partial charge in [-0.3, -0.25) is 4.79 Å². The van der Waals surface area contributed by atoms with Gasteiger partial charge < -0.3 is 16.4 Å². The van der Waals surface area contributed by atoms with Gasteiger partial charge in [0.05, 0.1) is 17.8 Å². The first kappa shape index (κ1) is 21.2. The van der Waals surface area contributed by atoms with Gasteiger partial charge >= 0.3 is 0 Å². The Morgan fingerprint density at radius 1 is 1.04 bits per heavy atom. The lowest BCUT2D eigenvalue weighted by atomic mass is 10.0. The molecule has 5 nitrogen and oxygen atoms in total. The van der Waals surface area contributed by atoms with Crippen molar-refractivity contribution >= 4 is 47.9 Å². The van der Waals surface area contributed by atoms with Crippen molar-refractivity contribution < 1.29 is 4.79 Å². The van der Waals surface area contributed by atoms with Crippen LogP contribution in [0.25, 0.3) is 0 Å². The standard InChI is InChI=1S/C16H20N4O.2ClH/c1-11(12(2)17)16(21)20-14-8-9-15(18-10-14)19-13-6-4-3-5-7-13;;/h3-12H,17H2,1-2H3,(H,18,19)(H,20,21);2*1H. The SMILES string of the molecule is CC(N)C(C)C(=O)Nc1ccc(Nc2ccccc2)nc1.Cl.Cl. The number of benzene rings is 1. The van der Waals surface area contributed by atoms with Gasteiger partial charge in [-0.1, -0.05) is 25.1 Å². The monoisotopic (exact) mass is 356 g/mol. The van der Waals surface area contributed by atoms with E-state index in [4.69, 9.17) is 5.73 Å². The molecule has 7 heteroatoms. The summed E-state index contributed by atoms with van der Waals surface area (Å²) >= 11 is 0. The third-order valence-electron chi connectivity index (χ3n) is 3.28. The number of carbonyl (C=O) groups is 1.